The maximum Gasteiger partial charge on any atom is 0.120 e. The van der Waals surface area contributed by atoms with Gasteiger partial charge in [0.25, 0.3) is 0 Å². The van der Waals surface area contributed by atoms with E-state index in [0.29, 0.717) is 6.04 Å². The van der Waals surface area contributed by atoms with Crippen LogP contribution < -0.4 is 10.5 Å². The van der Waals surface area contributed by atoms with Crippen molar-refractivity contribution in [1.29, 1.82) is 0 Å². The molecule has 1 aromatic carbocycles. The first-order chi connectivity index (χ1) is 9.11. The van der Waals surface area contributed by atoms with Gasteiger partial charge in [0.15, 0.2) is 0 Å². The van der Waals surface area contributed by atoms with Crippen molar-refractivity contribution in [2.24, 2.45) is 0 Å². The zero-order valence-corrected chi connectivity index (χ0v) is 12.4. The Bertz CT molecular complexity index is 525. The van der Waals surface area contributed by atoms with Gasteiger partial charge in [-0.3, -0.25) is 4.90 Å². The predicted octanol–water partition coefficient (Wildman–Crippen LogP) is 3.53. The van der Waals surface area contributed by atoms with Crippen molar-refractivity contribution < 1.29 is 4.74 Å². The number of benzene rings is 1. The lowest BCUT2D eigenvalue weighted by Crippen LogP contribution is -2.21. The molecule has 4 heteroatoms. The minimum Gasteiger partial charge on any atom is -0.497 e. The second kappa shape index (κ2) is 6.08. The van der Waals surface area contributed by atoms with Crippen LogP contribution in [0.5, 0.6) is 5.75 Å². The van der Waals surface area contributed by atoms with Gasteiger partial charge in [-0.15, -0.1) is 11.3 Å². The Morgan fingerprint density at radius 2 is 2.16 bits per heavy atom. The van der Waals surface area contributed by atoms with Gasteiger partial charge in [0.2, 0.25) is 0 Å². The molecule has 0 fully saturated rings. The number of nitrogens with two attached hydrogens (primary N) is 1. The molecule has 0 aliphatic rings. The van der Waals surface area contributed by atoms with Crippen LogP contribution in [0.15, 0.2) is 35.7 Å². The van der Waals surface area contributed by atoms with E-state index in [1.165, 1.54) is 4.88 Å². The van der Waals surface area contributed by atoms with Gasteiger partial charge >= 0.3 is 0 Å². The maximum absolute atomic E-state index is 6.06. The van der Waals surface area contributed by atoms with E-state index in [1.54, 1.807) is 18.4 Å². The molecule has 1 heterocycles. The summed E-state index contributed by atoms with van der Waals surface area (Å²) in [6.07, 6.45) is 0. The molecule has 1 atom stereocenters. The van der Waals surface area contributed by atoms with E-state index in [1.807, 2.05) is 18.2 Å². The van der Waals surface area contributed by atoms with Crippen molar-refractivity contribution in [3.63, 3.8) is 0 Å². The molecule has 2 rings (SSSR count). The number of methoxy groups -OCH3 is 1. The van der Waals surface area contributed by atoms with Gasteiger partial charge in [-0.25, -0.2) is 0 Å². The van der Waals surface area contributed by atoms with Gasteiger partial charge in [0.1, 0.15) is 5.75 Å². The number of nitrogens with zero attached hydrogens (tertiary/aromatic N) is 1. The molecule has 1 unspecified atom stereocenters. The topological polar surface area (TPSA) is 38.5 Å². The van der Waals surface area contributed by atoms with Crippen LogP contribution in [0, 0.1) is 0 Å². The summed E-state index contributed by atoms with van der Waals surface area (Å²) in [7, 11) is 3.77. The summed E-state index contributed by atoms with van der Waals surface area (Å²) in [6, 6.07) is 10.5. The van der Waals surface area contributed by atoms with Crippen molar-refractivity contribution in [1.82, 2.24) is 4.90 Å². The third kappa shape index (κ3) is 3.28. The minimum absolute atomic E-state index is 0.390. The van der Waals surface area contributed by atoms with E-state index in [-0.39, 0.29) is 0 Å². The summed E-state index contributed by atoms with van der Waals surface area (Å²) in [6.45, 7) is 3.04. The van der Waals surface area contributed by atoms with E-state index in [9.17, 15) is 0 Å². The van der Waals surface area contributed by atoms with Gasteiger partial charge in [-0.1, -0.05) is 12.1 Å². The number of thiophene rings is 1. The molecule has 0 radical (unpaired) electrons. The quantitative estimate of drug-likeness (QED) is 0.849. The van der Waals surface area contributed by atoms with Gasteiger partial charge in [0, 0.05) is 29.2 Å². The average molecular weight is 276 g/mol. The van der Waals surface area contributed by atoms with Gasteiger partial charge in [0.05, 0.1) is 7.11 Å². The molecular weight excluding hydrogens is 256 g/mol. The van der Waals surface area contributed by atoms with Gasteiger partial charge in [-0.05, 0) is 37.0 Å². The molecule has 2 N–H and O–H groups in total. The number of rotatable bonds is 5. The van der Waals surface area contributed by atoms with Crippen LogP contribution in [-0.2, 0) is 6.54 Å². The van der Waals surface area contributed by atoms with E-state index >= 15 is 0 Å². The normalized spacial score (nSPS) is 12.6. The smallest absolute Gasteiger partial charge is 0.120 e. The third-order valence-electron chi connectivity index (χ3n) is 3.39. The maximum atomic E-state index is 6.06. The van der Waals surface area contributed by atoms with Crippen LogP contribution in [0.1, 0.15) is 23.4 Å². The van der Waals surface area contributed by atoms with Crippen molar-refractivity contribution in [3.05, 3.63) is 46.2 Å². The SMILES string of the molecule is COc1ccc(CN(C)C(C)c2cccs2)c(N)c1. The monoisotopic (exact) mass is 276 g/mol. The summed E-state index contributed by atoms with van der Waals surface area (Å²) >= 11 is 1.79. The summed E-state index contributed by atoms with van der Waals surface area (Å²) < 4.78 is 5.17. The second-order valence-electron chi connectivity index (χ2n) is 4.67. The minimum atomic E-state index is 0.390. The highest BCUT2D eigenvalue weighted by Gasteiger charge is 2.14. The molecule has 0 saturated carbocycles. The van der Waals surface area contributed by atoms with Crippen molar-refractivity contribution >= 4 is 17.0 Å². The largest absolute Gasteiger partial charge is 0.497 e. The number of ether oxygens (including phenoxy) is 1. The lowest BCUT2D eigenvalue weighted by Gasteiger charge is -2.24. The van der Waals surface area contributed by atoms with Crippen molar-refractivity contribution in [2.75, 3.05) is 19.9 Å². The highest BCUT2D eigenvalue weighted by molar-refractivity contribution is 7.10. The molecule has 0 amide bonds. The first-order valence-corrected chi connectivity index (χ1v) is 7.16. The number of nitrogen functional groups attached to an aromatic ring is 1. The Hall–Kier alpha value is -1.52. The molecule has 19 heavy (non-hydrogen) atoms. The average Bonchev–Trinajstić information content (AvgIpc) is 2.94. The molecule has 102 valence electrons. The van der Waals surface area contributed by atoms with Crippen molar-refractivity contribution in [3.8, 4) is 5.75 Å². The molecule has 0 saturated heterocycles. The van der Waals surface area contributed by atoms with Crippen LogP contribution in [0.3, 0.4) is 0 Å². The standard InChI is InChI=1S/C15H20N2OS/c1-11(15-5-4-8-19-15)17(2)10-12-6-7-13(18-3)9-14(12)16/h4-9,11H,10,16H2,1-3H3. The number of anilines is 1. The van der Waals surface area contributed by atoms with Gasteiger partial charge < -0.3 is 10.5 Å². The summed E-state index contributed by atoms with van der Waals surface area (Å²) in [5.74, 6) is 0.801. The van der Waals surface area contributed by atoms with Crippen LogP contribution >= 0.6 is 11.3 Å². The first-order valence-electron chi connectivity index (χ1n) is 6.28. The Morgan fingerprint density at radius 1 is 1.37 bits per heavy atom. The molecule has 1 aromatic heterocycles. The molecular formula is C15H20N2OS. The van der Waals surface area contributed by atoms with Gasteiger partial charge in [-0.2, -0.15) is 0 Å². The summed E-state index contributed by atoms with van der Waals surface area (Å²) in [5.41, 5.74) is 7.97. The van der Waals surface area contributed by atoms with Crippen LogP contribution in [-0.4, -0.2) is 19.1 Å². The third-order valence-corrected chi connectivity index (χ3v) is 4.43. The Kier molecular flexibility index (Phi) is 4.45. The zero-order valence-electron chi connectivity index (χ0n) is 11.6. The number of hydrogen-bond donors (Lipinski definition) is 1. The first kappa shape index (κ1) is 13.9. The fourth-order valence-electron chi connectivity index (χ4n) is 2.00. The number of hydrogen-bond acceptors (Lipinski definition) is 4. The molecule has 0 aliphatic heterocycles. The second-order valence-corrected chi connectivity index (χ2v) is 5.65. The Balaban J connectivity index is 2.08. The molecule has 0 aliphatic carbocycles. The van der Waals surface area contributed by atoms with E-state index in [4.69, 9.17) is 10.5 Å². The fraction of sp³-hybridized carbons (Fsp3) is 0.333. The van der Waals surface area contributed by atoms with E-state index in [0.717, 1.165) is 23.5 Å². The lowest BCUT2D eigenvalue weighted by atomic mass is 10.1. The Labute approximate surface area is 118 Å². The lowest BCUT2D eigenvalue weighted by molar-refractivity contribution is 0.257. The van der Waals surface area contributed by atoms with E-state index < -0.39 is 0 Å². The fourth-order valence-corrected chi connectivity index (χ4v) is 2.84. The summed E-state index contributed by atoms with van der Waals surface area (Å²) in [4.78, 5) is 3.67. The highest BCUT2D eigenvalue weighted by atomic mass is 32.1. The summed E-state index contributed by atoms with van der Waals surface area (Å²) in [5, 5.41) is 2.11. The molecule has 0 spiro atoms. The molecule has 3 nitrogen and oxygen atoms in total. The zero-order chi connectivity index (χ0) is 13.8. The van der Waals surface area contributed by atoms with Crippen LogP contribution in [0.4, 0.5) is 5.69 Å². The Morgan fingerprint density at radius 3 is 2.74 bits per heavy atom. The van der Waals surface area contributed by atoms with E-state index in [2.05, 4.69) is 36.4 Å². The molecule has 0 bridgehead atoms. The molecule has 2 aromatic rings. The van der Waals surface area contributed by atoms with Crippen LogP contribution in [0.25, 0.3) is 0 Å². The van der Waals surface area contributed by atoms with Crippen LogP contribution in [0.2, 0.25) is 0 Å². The highest BCUT2D eigenvalue weighted by Crippen LogP contribution is 2.27. The predicted molar refractivity (Wildman–Crippen MR) is 81.6 cm³/mol. The van der Waals surface area contributed by atoms with Crippen molar-refractivity contribution in [2.45, 2.75) is 19.5 Å².